The van der Waals surface area contributed by atoms with E-state index in [1.807, 2.05) is 30.3 Å². The topological polar surface area (TPSA) is 115 Å². The van der Waals surface area contributed by atoms with Gasteiger partial charge in [0.25, 0.3) is 5.91 Å². The van der Waals surface area contributed by atoms with Crippen molar-refractivity contribution >= 4 is 23.4 Å². The molecule has 1 aliphatic carbocycles. The second kappa shape index (κ2) is 12.8. The number of hydrogen-bond acceptors (Lipinski definition) is 7. The number of nitrogens with zero attached hydrogens (tertiary/aromatic N) is 5. The molecule has 0 spiro atoms. The van der Waals surface area contributed by atoms with Gasteiger partial charge in [0.05, 0.1) is 13.4 Å². The van der Waals surface area contributed by atoms with Crippen LogP contribution in [0.5, 0.6) is 5.75 Å². The molecule has 1 N–H and O–H groups in total. The van der Waals surface area contributed by atoms with Gasteiger partial charge in [0.1, 0.15) is 18.1 Å². The van der Waals surface area contributed by atoms with Crippen LogP contribution in [0.3, 0.4) is 0 Å². The molecule has 10 nitrogen and oxygen atoms in total. The van der Waals surface area contributed by atoms with Gasteiger partial charge in [-0.15, -0.1) is 10.2 Å². The van der Waals surface area contributed by atoms with E-state index in [1.54, 1.807) is 37.4 Å². The highest BCUT2D eigenvalue weighted by Crippen LogP contribution is 2.28. The van der Waals surface area contributed by atoms with Crippen molar-refractivity contribution in [3.05, 3.63) is 83.3 Å². The zero-order valence-electron chi connectivity index (χ0n) is 22.2. The number of aromatic nitrogens is 4. The highest BCUT2D eigenvalue weighted by molar-refractivity contribution is 6.31. The van der Waals surface area contributed by atoms with Crippen molar-refractivity contribution in [3.8, 4) is 17.1 Å². The standard InChI is InChI=1S/C29H31ClN6O4/c1-39-23-15-13-20(14-16-23)28-32-34-36(33-28)19-26(37)35(18-21-8-5-6-11-24(21)30)27(25-12-7-17-40-25)29(38)31-22-9-3-2-4-10-22/h5-8,11-17,22,27H,2-4,9-10,18-19H2,1H3,(H,31,38). The van der Waals surface area contributed by atoms with Gasteiger partial charge in [-0.2, -0.15) is 4.80 Å². The fourth-order valence-electron chi connectivity index (χ4n) is 4.91. The number of methoxy groups -OCH3 is 1. The summed E-state index contributed by atoms with van der Waals surface area (Å²) in [6.45, 7) is -0.149. The number of tetrazole rings is 1. The van der Waals surface area contributed by atoms with Gasteiger partial charge in [0, 0.05) is 23.2 Å². The fourth-order valence-corrected chi connectivity index (χ4v) is 5.10. The molecule has 2 heterocycles. The molecule has 208 valence electrons. The number of rotatable bonds is 10. The zero-order chi connectivity index (χ0) is 27.9. The molecule has 2 aromatic carbocycles. The normalized spacial score (nSPS) is 14.4. The number of furan rings is 1. The van der Waals surface area contributed by atoms with Crippen LogP contribution in [0.1, 0.15) is 49.5 Å². The van der Waals surface area contributed by atoms with E-state index in [1.165, 1.54) is 16.0 Å². The fraction of sp³-hybridized carbons (Fsp3) is 0.345. The third-order valence-electron chi connectivity index (χ3n) is 7.02. The van der Waals surface area contributed by atoms with E-state index in [-0.39, 0.29) is 25.0 Å². The summed E-state index contributed by atoms with van der Waals surface area (Å²) in [5, 5.41) is 16.2. The van der Waals surface area contributed by atoms with Crippen molar-refractivity contribution in [2.75, 3.05) is 7.11 Å². The van der Waals surface area contributed by atoms with E-state index in [4.69, 9.17) is 20.8 Å². The van der Waals surface area contributed by atoms with Crippen LogP contribution in [0.2, 0.25) is 5.02 Å². The third-order valence-corrected chi connectivity index (χ3v) is 7.39. The van der Waals surface area contributed by atoms with E-state index < -0.39 is 11.9 Å². The summed E-state index contributed by atoms with van der Waals surface area (Å²) in [6.07, 6.45) is 6.60. The minimum absolute atomic E-state index is 0.0556. The number of carbonyl (C=O) groups is 2. The molecule has 40 heavy (non-hydrogen) atoms. The minimum Gasteiger partial charge on any atom is -0.497 e. The van der Waals surface area contributed by atoms with Crippen LogP contribution < -0.4 is 10.1 Å². The third kappa shape index (κ3) is 6.51. The number of hydrogen-bond donors (Lipinski definition) is 1. The Kier molecular flexibility index (Phi) is 8.75. The molecule has 11 heteroatoms. The van der Waals surface area contributed by atoms with Gasteiger partial charge in [0.2, 0.25) is 11.7 Å². The summed E-state index contributed by atoms with van der Waals surface area (Å²) in [7, 11) is 1.59. The van der Waals surface area contributed by atoms with Gasteiger partial charge < -0.3 is 19.4 Å². The van der Waals surface area contributed by atoms with Crippen molar-refractivity contribution in [2.24, 2.45) is 0 Å². The largest absolute Gasteiger partial charge is 0.497 e. The molecule has 2 aromatic heterocycles. The molecule has 0 saturated heterocycles. The average Bonchev–Trinajstić information content (AvgIpc) is 3.67. The summed E-state index contributed by atoms with van der Waals surface area (Å²) in [5.41, 5.74) is 1.43. The smallest absolute Gasteiger partial charge is 0.250 e. The Balaban J connectivity index is 1.43. The average molecular weight is 563 g/mol. The molecule has 1 fully saturated rings. The van der Waals surface area contributed by atoms with Crippen LogP contribution in [0.4, 0.5) is 0 Å². The second-order valence-electron chi connectivity index (χ2n) is 9.75. The van der Waals surface area contributed by atoms with Crippen molar-refractivity contribution in [1.82, 2.24) is 30.4 Å². The van der Waals surface area contributed by atoms with Crippen LogP contribution in [0.25, 0.3) is 11.4 Å². The van der Waals surface area contributed by atoms with Gasteiger partial charge in [-0.1, -0.05) is 49.1 Å². The Hall–Kier alpha value is -4.18. The molecule has 2 amide bonds. The molecular formula is C29H31ClN6O4. The van der Waals surface area contributed by atoms with Crippen molar-refractivity contribution < 1.29 is 18.7 Å². The Morgan fingerprint density at radius 3 is 2.58 bits per heavy atom. The predicted molar refractivity (Wildman–Crippen MR) is 148 cm³/mol. The number of carbonyl (C=O) groups excluding carboxylic acids is 2. The molecule has 0 aliphatic heterocycles. The van der Waals surface area contributed by atoms with Gasteiger partial charge in [0.15, 0.2) is 6.04 Å². The van der Waals surface area contributed by atoms with E-state index in [0.29, 0.717) is 27.9 Å². The predicted octanol–water partition coefficient (Wildman–Crippen LogP) is 4.81. The van der Waals surface area contributed by atoms with Gasteiger partial charge >= 0.3 is 0 Å². The molecule has 1 unspecified atom stereocenters. The summed E-state index contributed by atoms with van der Waals surface area (Å²) >= 11 is 6.48. The van der Waals surface area contributed by atoms with Crippen LogP contribution in [0.15, 0.2) is 71.3 Å². The van der Waals surface area contributed by atoms with Gasteiger partial charge in [-0.3, -0.25) is 9.59 Å². The molecular weight excluding hydrogens is 532 g/mol. The highest BCUT2D eigenvalue weighted by Gasteiger charge is 2.35. The summed E-state index contributed by atoms with van der Waals surface area (Å²) in [6, 6.07) is 16.9. The Bertz CT molecular complexity index is 1420. The zero-order valence-corrected chi connectivity index (χ0v) is 23.0. The molecule has 5 rings (SSSR count). The van der Waals surface area contributed by atoms with Crippen LogP contribution in [-0.4, -0.2) is 50.1 Å². The molecule has 0 bridgehead atoms. The summed E-state index contributed by atoms with van der Waals surface area (Å²) < 4.78 is 10.9. The van der Waals surface area contributed by atoms with Gasteiger partial charge in [-0.05, 0) is 66.1 Å². The lowest BCUT2D eigenvalue weighted by atomic mass is 9.95. The Labute approximate surface area is 237 Å². The Morgan fingerprint density at radius 2 is 1.88 bits per heavy atom. The minimum atomic E-state index is -1.01. The molecule has 1 atom stereocenters. The maximum Gasteiger partial charge on any atom is 0.250 e. The first-order valence-corrected chi connectivity index (χ1v) is 13.7. The summed E-state index contributed by atoms with van der Waals surface area (Å²) in [4.78, 5) is 30.4. The van der Waals surface area contributed by atoms with E-state index in [0.717, 1.165) is 37.7 Å². The first kappa shape index (κ1) is 27.4. The van der Waals surface area contributed by atoms with E-state index in [2.05, 4.69) is 20.7 Å². The van der Waals surface area contributed by atoms with Crippen LogP contribution in [-0.2, 0) is 22.7 Å². The SMILES string of the molecule is COc1ccc(-c2nnn(CC(=O)N(Cc3ccccc3Cl)C(C(=O)NC3CCCCC3)c3ccco3)n2)cc1. The lowest BCUT2D eigenvalue weighted by Gasteiger charge is -2.32. The van der Waals surface area contributed by atoms with Crippen molar-refractivity contribution in [1.29, 1.82) is 0 Å². The molecule has 4 aromatic rings. The van der Waals surface area contributed by atoms with Crippen LogP contribution in [0, 0.1) is 0 Å². The number of amides is 2. The quantitative estimate of drug-likeness (QED) is 0.295. The summed E-state index contributed by atoms with van der Waals surface area (Å²) in [5.74, 6) is 0.744. The molecule has 0 radical (unpaired) electrons. The van der Waals surface area contributed by atoms with Crippen molar-refractivity contribution in [3.63, 3.8) is 0 Å². The van der Waals surface area contributed by atoms with E-state index in [9.17, 15) is 9.59 Å². The highest BCUT2D eigenvalue weighted by atomic mass is 35.5. The lowest BCUT2D eigenvalue weighted by Crippen LogP contribution is -2.47. The Morgan fingerprint density at radius 1 is 1.10 bits per heavy atom. The number of nitrogens with one attached hydrogen (secondary N) is 1. The van der Waals surface area contributed by atoms with E-state index >= 15 is 0 Å². The van der Waals surface area contributed by atoms with Crippen molar-refractivity contribution in [2.45, 2.75) is 57.3 Å². The first-order chi connectivity index (χ1) is 19.5. The maximum atomic E-state index is 13.9. The molecule has 1 saturated carbocycles. The number of halogens is 1. The van der Waals surface area contributed by atoms with Gasteiger partial charge in [-0.25, -0.2) is 0 Å². The first-order valence-electron chi connectivity index (χ1n) is 13.3. The lowest BCUT2D eigenvalue weighted by molar-refractivity contribution is -0.143. The molecule has 1 aliphatic rings. The second-order valence-corrected chi connectivity index (χ2v) is 10.2. The number of ether oxygens (including phenoxy) is 1. The maximum absolute atomic E-state index is 13.9. The monoisotopic (exact) mass is 562 g/mol. The number of benzene rings is 2. The van der Waals surface area contributed by atoms with Crippen LogP contribution >= 0.6 is 11.6 Å².